The Morgan fingerprint density at radius 1 is 1.07 bits per heavy atom. The van der Waals surface area contributed by atoms with E-state index in [-0.39, 0.29) is 0 Å². The summed E-state index contributed by atoms with van der Waals surface area (Å²) in [7, 11) is 0. The van der Waals surface area contributed by atoms with Gasteiger partial charge in [-0.05, 0) is 12.1 Å². The first-order chi connectivity index (χ1) is 6.61. The Hall–Kier alpha value is -0.150. The Labute approximate surface area is 97.3 Å². The van der Waals surface area contributed by atoms with Gasteiger partial charge in [0.25, 0.3) is 0 Å². The van der Waals surface area contributed by atoms with Gasteiger partial charge in [0.2, 0.25) is 6.29 Å². The monoisotopic (exact) mass is 254 g/mol. The van der Waals surface area contributed by atoms with Crippen LogP contribution in [0.15, 0.2) is 30.3 Å². The van der Waals surface area contributed by atoms with Crippen molar-refractivity contribution < 1.29 is 9.84 Å². The molecule has 1 rings (SSSR count). The van der Waals surface area contributed by atoms with Crippen molar-refractivity contribution in [2.75, 3.05) is 0 Å². The smallest absolute Gasteiger partial charge is 0.216 e. The van der Waals surface area contributed by atoms with E-state index in [1.54, 1.807) is 24.3 Å². The normalized spacial score (nSPS) is 15.2. The van der Waals surface area contributed by atoms with Crippen LogP contribution >= 0.6 is 34.8 Å². The van der Waals surface area contributed by atoms with Crippen molar-refractivity contribution in [1.29, 1.82) is 0 Å². The lowest BCUT2D eigenvalue weighted by molar-refractivity contribution is -0.0169. The summed E-state index contributed by atoms with van der Waals surface area (Å²) in [6, 6.07) is 8.80. The number of benzene rings is 1. The summed E-state index contributed by atoms with van der Waals surface area (Å²) in [5.41, 5.74) is 0. The Kier molecular flexibility index (Phi) is 4.82. The van der Waals surface area contributed by atoms with Crippen molar-refractivity contribution in [3.05, 3.63) is 30.3 Å². The van der Waals surface area contributed by atoms with Gasteiger partial charge in [-0.25, -0.2) is 0 Å². The molecule has 2 nitrogen and oxygen atoms in total. The maximum absolute atomic E-state index is 9.42. The zero-order valence-corrected chi connectivity index (χ0v) is 9.38. The number of halogens is 3. The quantitative estimate of drug-likeness (QED) is 0.662. The molecule has 0 bridgehead atoms. The molecule has 0 fully saturated rings. The van der Waals surface area contributed by atoms with Crippen LogP contribution in [-0.2, 0) is 0 Å². The Morgan fingerprint density at radius 3 is 2.14 bits per heavy atom. The summed E-state index contributed by atoms with van der Waals surface area (Å²) in [4.78, 5) is -0.879. The molecular formula is C9H9Cl3O2. The van der Waals surface area contributed by atoms with Gasteiger partial charge in [0.1, 0.15) is 16.0 Å². The molecule has 5 heteroatoms. The summed E-state index contributed by atoms with van der Waals surface area (Å²) < 4.78 is 5.09. The standard InChI is InChI=1S/C9H9Cl3O2/c10-7(8(11)12)9(13)14-6-4-2-1-3-5-6/h1-5,7-9,13H. The van der Waals surface area contributed by atoms with Crippen LogP contribution in [0.2, 0.25) is 0 Å². The summed E-state index contributed by atoms with van der Waals surface area (Å²) >= 11 is 16.6. The topological polar surface area (TPSA) is 29.5 Å². The Morgan fingerprint density at radius 2 is 1.64 bits per heavy atom. The minimum absolute atomic E-state index is 0.514. The summed E-state index contributed by atoms with van der Waals surface area (Å²) in [6.07, 6.45) is -1.22. The first-order valence-corrected chi connectivity index (χ1v) is 5.24. The summed E-state index contributed by atoms with van der Waals surface area (Å²) in [6.45, 7) is 0. The van der Waals surface area contributed by atoms with Gasteiger partial charge in [0, 0.05) is 0 Å². The number of ether oxygens (including phenoxy) is 1. The molecule has 0 radical (unpaired) electrons. The molecule has 0 saturated carbocycles. The van der Waals surface area contributed by atoms with Gasteiger partial charge >= 0.3 is 0 Å². The van der Waals surface area contributed by atoms with Gasteiger partial charge in [-0.15, -0.1) is 34.8 Å². The number of alkyl halides is 3. The molecule has 0 aliphatic rings. The molecule has 0 saturated heterocycles. The molecule has 0 amide bonds. The predicted octanol–water partition coefficient (Wildman–Crippen LogP) is 2.79. The molecule has 2 unspecified atom stereocenters. The van der Waals surface area contributed by atoms with E-state index in [9.17, 15) is 5.11 Å². The fourth-order valence-electron chi connectivity index (χ4n) is 0.828. The van der Waals surface area contributed by atoms with Gasteiger partial charge in [-0.3, -0.25) is 0 Å². The Bertz CT molecular complexity index is 266. The minimum Gasteiger partial charge on any atom is -0.463 e. The number of aliphatic hydroxyl groups excluding tert-OH is 1. The van der Waals surface area contributed by atoms with E-state index in [4.69, 9.17) is 39.5 Å². The minimum atomic E-state index is -1.22. The van der Waals surface area contributed by atoms with Crippen molar-refractivity contribution in [3.63, 3.8) is 0 Å². The lowest BCUT2D eigenvalue weighted by Crippen LogP contribution is -2.31. The molecule has 0 aromatic heterocycles. The molecule has 0 heterocycles. The van der Waals surface area contributed by atoms with E-state index in [2.05, 4.69) is 0 Å². The number of rotatable bonds is 4. The summed E-state index contributed by atoms with van der Waals surface area (Å²) in [5.74, 6) is 0.514. The molecule has 78 valence electrons. The van der Waals surface area contributed by atoms with Gasteiger partial charge < -0.3 is 9.84 Å². The van der Waals surface area contributed by atoms with E-state index in [0.717, 1.165) is 0 Å². The molecule has 0 spiro atoms. The van der Waals surface area contributed by atoms with E-state index in [1.165, 1.54) is 0 Å². The van der Waals surface area contributed by atoms with Crippen molar-refractivity contribution in [1.82, 2.24) is 0 Å². The largest absolute Gasteiger partial charge is 0.463 e. The molecule has 0 aliphatic heterocycles. The number of hydrogen-bond acceptors (Lipinski definition) is 2. The third kappa shape index (κ3) is 3.54. The second-order valence-electron chi connectivity index (χ2n) is 2.60. The lowest BCUT2D eigenvalue weighted by Gasteiger charge is -2.18. The molecule has 14 heavy (non-hydrogen) atoms. The lowest BCUT2D eigenvalue weighted by atomic mass is 10.3. The molecule has 1 aromatic carbocycles. The van der Waals surface area contributed by atoms with E-state index in [1.807, 2.05) is 6.07 Å². The molecule has 1 aromatic rings. The van der Waals surface area contributed by atoms with Gasteiger partial charge in [-0.2, -0.15) is 0 Å². The van der Waals surface area contributed by atoms with Crippen LogP contribution in [0.3, 0.4) is 0 Å². The van der Waals surface area contributed by atoms with Gasteiger partial charge in [0.15, 0.2) is 0 Å². The van der Waals surface area contributed by atoms with Crippen molar-refractivity contribution in [3.8, 4) is 5.75 Å². The molecule has 1 N–H and O–H groups in total. The number of para-hydroxylation sites is 1. The number of aliphatic hydroxyl groups is 1. The maximum atomic E-state index is 9.42. The van der Waals surface area contributed by atoms with Crippen LogP contribution in [0.5, 0.6) is 5.75 Å². The molecule has 2 atom stereocenters. The van der Waals surface area contributed by atoms with Crippen LogP contribution < -0.4 is 4.74 Å². The zero-order chi connectivity index (χ0) is 10.6. The first kappa shape index (κ1) is 11.9. The van der Waals surface area contributed by atoms with Crippen LogP contribution in [0.1, 0.15) is 0 Å². The SMILES string of the molecule is OC(Oc1ccccc1)C(Cl)C(Cl)Cl. The van der Waals surface area contributed by atoms with E-state index >= 15 is 0 Å². The van der Waals surface area contributed by atoms with Crippen molar-refractivity contribution in [2.45, 2.75) is 16.5 Å². The third-order valence-corrected chi connectivity index (χ3v) is 2.78. The molecule has 0 aliphatic carbocycles. The highest BCUT2D eigenvalue weighted by Crippen LogP contribution is 2.20. The average Bonchev–Trinajstić information content (AvgIpc) is 2.18. The highest BCUT2D eigenvalue weighted by atomic mass is 35.5. The highest BCUT2D eigenvalue weighted by Gasteiger charge is 2.24. The fourth-order valence-corrected chi connectivity index (χ4v) is 1.13. The van der Waals surface area contributed by atoms with Crippen LogP contribution in [0.4, 0.5) is 0 Å². The van der Waals surface area contributed by atoms with Gasteiger partial charge in [0.05, 0.1) is 0 Å². The van der Waals surface area contributed by atoms with E-state index < -0.39 is 16.5 Å². The van der Waals surface area contributed by atoms with Crippen molar-refractivity contribution >= 4 is 34.8 Å². The average molecular weight is 256 g/mol. The fraction of sp³-hybridized carbons (Fsp3) is 0.333. The van der Waals surface area contributed by atoms with Crippen LogP contribution in [0.25, 0.3) is 0 Å². The summed E-state index contributed by atoms with van der Waals surface area (Å²) in [5, 5.41) is 8.56. The molecular weight excluding hydrogens is 246 g/mol. The zero-order valence-electron chi connectivity index (χ0n) is 7.11. The van der Waals surface area contributed by atoms with Crippen LogP contribution in [-0.4, -0.2) is 21.6 Å². The second kappa shape index (κ2) is 5.66. The second-order valence-corrected chi connectivity index (χ2v) is 4.27. The maximum Gasteiger partial charge on any atom is 0.216 e. The number of hydrogen-bond donors (Lipinski definition) is 1. The van der Waals surface area contributed by atoms with E-state index in [0.29, 0.717) is 5.75 Å². The first-order valence-electron chi connectivity index (χ1n) is 3.93. The Balaban J connectivity index is 2.53. The van der Waals surface area contributed by atoms with Crippen molar-refractivity contribution in [2.24, 2.45) is 0 Å². The van der Waals surface area contributed by atoms with Gasteiger partial charge in [-0.1, -0.05) is 18.2 Å². The van der Waals surface area contributed by atoms with Crippen LogP contribution in [0, 0.1) is 0 Å². The highest BCUT2D eigenvalue weighted by molar-refractivity contribution is 6.48. The predicted molar refractivity (Wildman–Crippen MR) is 58.2 cm³/mol. The third-order valence-electron chi connectivity index (χ3n) is 1.51.